The predicted molar refractivity (Wildman–Crippen MR) is 91.5 cm³/mol. The van der Waals surface area contributed by atoms with Crippen molar-refractivity contribution in [3.63, 3.8) is 0 Å². The number of carbonyl (C=O) groups is 2. The van der Waals surface area contributed by atoms with Gasteiger partial charge in [-0.25, -0.2) is 13.2 Å². The Kier molecular flexibility index (Phi) is 6.30. The molecule has 1 amide bonds. The number of amides is 1. The van der Waals surface area contributed by atoms with E-state index in [9.17, 15) is 28.1 Å². The standard InChI is InChI=1S/C16H20N2O7S/c1-26(23,24)14-7-6-12(10-13(14)18(21)22)16(20)25-11-15(19)17-8-4-2-3-5-9-17/h6-7,10H,2-5,8-9,11H2,1H3. The topological polar surface area (TPSA) is 124 Å². The molecule has 0 radical (unpaired) electrons. The second kappa shape index (κ2) is 8.26. The number of sulfone groups is 1. The third kappa shape index (κ3) is 5.01. The summed E-state index contributed by atoms with van der Waals surface area (Å²) >= 11 is 0. The van der Waals surface area contributed by atoms with Crippen LogP contribution in [0.25, 0.3) is 0 Å². The summed E-state index contributed by atoms with van der Waals surface area (Å²) in [6, 6.07) is 2.96. The van der Waals surface area contributed by atoms with Crippen LogP contribution >= 0.6 is 0 Å². The van der Waals surface area contributed by atoms with Crippen molar-refractivity contribution in [1.82, 2.24) is 4.90 Å². The maximum atomic E-state index is 12.1. The molecule has 10 heteroatoms. The Morgan fingerprint density at radius 2 is 1.81 bits per heavy atom. The average molecular weight is 384 g/mol. The minimum absolute atomic E-state index is 0.187. The van der Waals surface area contributed by atoms with E-state index in [0.29, 0.717) is 13.1 Å². The van der Waals surface area contributed by atoms with Gasteiger partial charge in [-0.2, -0.15) is 0 Å². The lowest BCUT2D eigenvalue weighted by molar-refractivity contribution is -0.387. The van der Waals surface area contributed by atoms with Crippen LogP contribution in [0.4, 0.5) is 5.69 Å². The van der Waals surface area contributed by atoms with E-state index in [2.05, 4.69) is 0 Å². The number of nitrogens with zero attached hydrogens (tertiary/aromatic N) is 2. The van der Waals surface area contributed by atoms with Gasteiger partial charge in [0.05, 0.1) is 10.5 Å². The van der Waals surface area contributed by atoms with Gasteiger partial charge >= 0.3 is 5.97 Å². The highest BCUT2D eigenvalue weighted by Crippen LogP contribution is 2.25. The zero-order valence-electron chi connectivity index (χ0n) is 14.3. The van der Waals surface area contributed by atoms with E-state index in [0.717, 1.165) is 50.1 Å². The first-order valence-electron chi connectivity index (χ1n) is 8.13. The average Bonchev–Trinajstić information content (AvgIpc) is 2.87. The molecule has 0 N–H and O–H groups in total. The predicted octanol–water partition coefficient (Wildman–Crippen LogP) is 1.56. The Morgan fingerprint density at radius 1 is 1.19 bits per heavy atom. The smallest absolute Gasteiger partial charge is 0.338 e. The molecular formula is C16H20N2O7S. The van der Waals surface area contributed by atoms with Crippen molar-refractivity contribution in [2.75, 3.05) is 26.0 Å². The molecule has 9 nitrogen and oxygen atoms in total. The van der Waals surface area contributed by atoms with E-state index in [1.165, 1.54) is 0 Å². The summed E-state index contributed by atoms with van der Waals surface area (Å²) in [7, 11) is -3.82. The lowest BCUT2D eigenvalue weighted by atomic mass is 10.2. The number of hydrogen-bond donors (Lipinski definition) is 0. The molecule has 1 aromatic rings. The number of likely N-dealkylation sites (tertiary alicyclic amines) is 1. The van der Waals surface area contributed by atoms with E-state index >= 15 is 0 Å². The zero-order chi connectivity index (χ0) is 19.3. The third-order valence-corrected chi connectivity index (χ3v) is 5.22. The summed E-state index contributed by atoms with van der Waals surface area (Å²) in [5.74, 6) is -1.24. The van der Waals surface area contributed by atoms with Crippen molar-refractivity contribution in [2.45, 2.75) is 30.6 Å². The highest BCUT2D eigenvalue weighted by Gasteiger charge is 2.25. The summed E-state index contributed by atoms with van der Waals surface area (Å²) in [5, 5.41) is 11.1. The molecule has 2 rings (SSSR count). The van der Waals surface area contributed by atoms with Crippen molar-refractivity contribution in [1.29, 1.82) is 0 Å². The van der Waals surface area contributed by atoms with E-state index < -0.39 is 37.9 Å². The normalized spacial score (nSPS) is 15.2. The molecule has 1 aliphatic rings. The van der Waals surface area contributed by atoms with Gasteiger partial charge in [0, 0.05) is 25.4 Å². The second-order valence-corrected chi connectivity index (χ2v) is 8.07. The molecule has 1 saturated heterocycles. The molecule has 0 aliphatic carbocycles. The van der Waals surface area contributed by atoms with Crippen LogP contribution in [0.5, 0.6) is 0 Å². The molecule has 0 spiro atoms. The summed E-state index contributed by atoms with van der Waals surface area (Å²) in [5.41, 5.74) is -0.895. The van der Waals surface area contributed by atoms with Gasteiger partial charge < -0.3 is 9.64 Å². The molecule has 0 saturated carbocycles. The minimum atomic E-state index is -3.82. The van der Waals surface area contributed by atoms with Crippen molar-refractivity contribution in [3.05, 3.63) is 33.9 Å². The molecule has 1 aromatic carbocycles. The SMILES string of the molecule is CS(=O)(=O)c1ccc(C(=O)OCC(=O)N2CCCCCC2)cc1[N+](=O)[O-]. The van der Waals surface area contributed by atoms with Crippen LogP contribution in [0.3, 0.4) is 0 Å². The fourth-order valence-corrected chi connectivity index (χ4v) is 3.55. The van der Waals surface area contributed by atoms with Gasteiger partial charge in [-0.15, -0.1) is 0 Å². The maximum absolute atomic E-state index is 12.1. The maximum Gasteiger partial charge on any atom is 0.338 e. The Hall–Kier alpha value is -2.49. The number of esters is 1. The minimum Gasteiger partial charge on any atom is -0.452 e. The van der Waals surface area contributed by atoms with Gasteiger partial charge in [0.1, 0.15) is 4.90 Å². The monoisotopic (exact) mass is 384 g/mol. The first-order valence-corrected chi connectivity index (χ1v) is 10.0. The third-order valence-electron chi connectivity index (χ3n) is 4.08. The van der Waals surface area contributed by atoms with Gasteiger partial charge in [-0.05, 0) is 25.0 Å². The van der Waals surface area contributed by atoms with Gasteiger partial charge in [0.25, 0.3) is 11.6 Å². The highest BCUT2D eigenvalue weighted by atomic mass is 32.2. The Labute approximate surface area is 151 Å². The molecule has 0 aromatic heterocycles. The number of benzene rings is 1. The van der Waals surface area contributed by atoms with Crippen LogP contribution in [0.2, 0.25) is 0 Å². The molecule has 0 bridgehead atoms. The number of ether oxygens (including phenoxy) is 1. The molecule has 1 fully saturated rings. The number of nitro groups is 1. The molecule has 0 unspecified atom stereocenters. The summed E-state index contributed by atoms with van der Waals surface area (Å²) in [4.78, 5) is 35.5. The largest absolute Gasteiger partial charge is 0.452 e. The fourth-order valence-electron chi connectivity index (χ4n) is 2.72. The van der Waals surface area contributed by atoms with Gasteiger partial charge in [-0.3, -0.25) is 14.9 Å². The van der Waals surface area contributed by atoms with Crippen LogP contribution in [0.1, 0.15) is 36.0 Å². The lowest BCUT2D eigenvalue weighted by Crippen LogP contribution is -2.35. The van der Waals surface area contributed by atoms with Crippen LogP contribution in [0, 0.1) is 10.1 Å². The van der Waals surface area contributed by atoms with E-state index in [-0.39, 0.29) is 11.5 Å². The van der Waals surface area contributed by atoms with Crippen molar-refractivity contribution < 1.29 is 27.7 Å². The first kappa shape index (κ1) is 19.8. The summed E-state index contributed by atoms with van der Waals surface area (Å²) in [6.45, 7) is 0.774. The van der Waals surface area contributed by atoms with Crippen LogP contribution < -0.4 is 0 Å². The van der Waals surface area contributed by atoms with Crippen LogP contribution in [-0.4, -0.2) is 56.1 Å². The number of carbonyl (C=O) groups excluding carboxylic acids is 2. The Balaban J connectivity index is 2.08. The van der Waals surface area contributed by atoms with Crippen molar-refractivity contribution in [2.24, 2.45) is 0 Å². The zero-order valence-corrected chi connectivity index (χ0v) is 15.2. The molecule has 1 heterocycles. The van der Waals surface area contributed by atoms with E-state index in [4.69, 9.17) is 4.74 Å². The van der Waals surface area contributed by atoms with Gasteiger partial charge in [0.2, 0.25) is 0 Å². The van der Waals surface area contributed by atoms with E-state index in [1.807, 2.05) is 0 Å². The molecule has 1 aliphatic heterocycles. The lowest BCUT2D eigenvalue weighted by Gasteiger charge is -2.19. The Bertz CT molecular complexity index is 812. The van der Waals surface area contributed by atoms with Crippen molar-refractivity contribution in [3.8, 4) is 0 Å². The van der Waals surface area contributed by atoms with E-state index in [1.54, 1.807) is 4.90 Å². The Morgan fingerprint density at radius 3 is 2.35 bits per heavy atom. The van der Waals surface area contributed by atoms with Crippen LogP contribution in [0.15, 0.2) is 23.1 Å². The number of nitro benzene ring substituents is 1. The number of hydrogen-bond acceptors (Lipinski definition) is 7. The van der Waals surface area contributed by atoms with Crippen molar-refractivity contribution >= 4 is 27.4 Å². The molecule has 0 atom stereocenters. The molecule has 142 valence electrons. The van der Waals surface area contributed by atoms with Crippen LogP contribution in [-0.2, 0) is 19.4 Å². The summed E-state index contributed by atoms with van der Waals surface area (Å²) < 4.78 is 28.1. The molecule has 26 heavy (non-hydrogen) atoms. The second-order valence-electron chi connectivity index (χ2n) is 6.08. The first-order chi connectivity index (χ1) is 12.2. The highest BCUT2D eigenvalue weighted by molar-refractivity contribution is 7.90. The quantitative estimate of drug-likeness (QED) is 0.428. The fraction of sp³-hybridized carbons (Fsp3) is 0.500. The van der Waals surface area contributed by atoms with Gasteiger partial charge in [-0.1, -0.05) is 12.8 Å². The van der Waals surface area contributed by atoms with Gasteiger partial charge in [0.15, 0.2) is 16.4 Å². The number of rotatable bonds is 5. The molecular weight excluding hydrogens is 364 g/mol. The summed E-state index contributed by atoms with van der Waals surface area (Å²) in [6.07, 6.45) is 4.75.